The molecule has 1 aliphatic rings. The number of fused-ring (bicyclic) bond motifs is 1. The minimum Gasteiger partial charge on any atom is -0.410 e. The van der Waals surface area contributed by atoms with E-state index in [0.717, 1.165) is 31.2 Å². The number of carbonyl (C=O) groups is 1. The van der Waals surface area contributed by atoms with Gasteiger partial charge in [0.1, 0.15) is 5.75 Å². The molecule has 4 N–H and O–H groups in total. The van der Waals surface area contributed by atoms with Gasteiger partial charge in [-0.1, -0.05) is 36.4 Å². The summed E-state index contributed by atoms with van der Waals surface area (Å²) in [6, 6.07) is 15.8. The van der Waals surface area contributed by atoms with Crippen LogP contribution >= 0.6 is 0 Å². The summed E-state index contributed by atoms with van der Waals surface area (Å²) < 4.78 is 5.00. The summed E-state index contributed by atoms with van der Waals surface area (Å²) in [4.78, 5) is 11.0. The van der Waals surface area contributed by atoms with Gasteiger partial charge in [-0.05, 0) is 60.9 Å². The van der Waals surface area contributed by atoms with Crippen LogP contribution in [-0.4, -0.2) is 23.8 Å². The summed E-state index contributed by atoms with van der Waals surface area (Å²) in [6.07, 6.45) is 4.40. The first-order valence-corrected chi connectivity index (χ1v) is 9.00. The predicted molar refractivity (Wildman–Crippen MR) is 101 cm³/mol. The van der Waals surface area contributed by atoms with Crippen LogP contribution in [0.5, 0.6) is 5.75 Å². The number of hydrogen-bond acceptors (Lipinski definition) is 4. The van der Waals surface area contributed by atoms with Crippen LogP contribution in [0.15, 0.2) is 48.5 Å². The van der Waals surface area contributed by atoms with Crippen molar-refractivity contribution in [1.82, 2.24) is 5.32 Å². The fourth-order valence-electron chi connectivity index (χ4n) is 3.40. The lowest BCUT2D eigenvalue weighted by Crippen LogP contribution is -2.33. The Morgan fingerprint density at radius 2 is 2.12 bits per heavy atom. The fraction of sp³-hybridized carbons (Fsp3) is 0.333. The third-order valence-corrected chi connectivity index (χ3v) is 4.69. The van der Waals surface area contributed by atoms with Crippen molar-refractivity contribution in [2.24, 2.45) is 5.73 Å². The topological polar surface area (TPSA) is 84.6 Å². The number of amides is 1. The van der Waals surface area contributed by atoms with Crippen molar-refractivity contribution in [2.75, 3.05) is 6.54 Å². The van der Waals surface area contributed by atoms with E-state index in [4.69, 9.17) is 10.5 Å². The Labute approximate surface area is 154 Å². The van der Waals surface area contributed by atoms with E-state index in [-0.39, 0.29) is 6.04 Å². The summed E-state index contributed by atoms with van der Waals surface area (Å²) in [7, 11) is 0. The maximum atomic E-state index is 11.0. The van der Waals surface area contributed by atoms with E-state index in [2.05, 4.69) is 5.32 Å². The molecule has 5 heteroatoms. The molecule has 5 nitrogen and oxygen atoms in total. The van der Waals surface area contributed by atoms with Gasteiger partial charge in [0.25, 0.3) is 0 Å². The average molecular weight is 353 g/mol. The monoisotopic (exact) mass is 353 g/mol. The molecule has 0 spiro atoms. The maximum Gasteiger partial charge on any atom is 0.409 e. The van der Waals surface area contributed by atoms with Crippen LogP contribution in [0.1, 0.15) is 35.6 Å². The third-order valence-electron chi connectivity index (χ3n) is 4.69. The largest absolute Gasteiger partial charge is 0.410 e. The smallest absolute Gasteiger partial charge is 0.409 e. The second-order valence-electron chi connectivity index (χ2n) is 6.63. The highest BCUT2D eigenvalue weighted by Crippen LogP contribution is 2.32. The van der Waals surface area contributed by atoms with Crippen LogP contribution in [0.25, 0.3) is 0 Å². The zero-order valence-corrected chi connectivity index (χ0v) is 14.7. The number of carbonyl (C=O) groups excluding carboxylic acids is 1. The van der Waals surface area contributed by atoms with Crippen molar-refractivity contribution >= 4 is 6.09 Å². The molecule has 1 radical (unpaired) electrons. The van der Waals surface area contributed by atoms with Gasteiger partial charge >= 0.3 is 6.09 Å². The van der Waals surface area contributed by atoms with E-state index in [1.807, 2.05) is 48.9 Å². The molecular weight excluding hydrogens is 328 g/mol. The van der Waals surface area contributed by atoms with Gasteiger partial charge in [0.2, 0.25) is 0 Å². The Morgan fingerprint density at radius 1 is 1.31 bits per heavy atom. The molecule has 0 saturated heterocycles. The maximum absolute atomic E-state index is 11.0. The molecule has 0 heterocycles. The average Bonchev–Trinajstić information content (AvgIpc) is 2.65. The quantitative estimate of drug-likeness (QED) is 0.714. The number of nitrogens with two attached hydrogens (primary N) is 1. The third kappa shape index (κ3) is 5.07. The molecule has 2 aromatic carbocycles. The molecule has 0 bridgehead atoms. The van der Waals surface area contributed by atoms with E-state index >= 15 is 0 Å². The Hall–Kier alpha value is -2.37. The Kier molecular flexibility index (Phi) is 6.26. The Balaban J connectivity index is 1.56. The molecule has 137 valence electrons. The molecule has 1 aliphatic carbocycles. The SMILES string of the molecule is NC(=O)Oc1ccc2c(c1)[C@@H](NC[C@H](O)[CH]Cc1ccccc1)CCC2. The molecule has 26 heavy (non-hydrogen) atoms. The van der Waals surface area contributed by atoms with E-state index in [0.29, 0.717) is 12.3 Å². The highest BCUT2D eigenvalue weighted by molar-refractivity contribution is 5.68. The van der Waals surface area contributed by atoms with Crippen molar-refractivity contribution in [3.8, 4) is 5.75 Å². The summed E-state index contributed by atoms with van der Waals surface area (Å²) in [6.45, 7) is 0.484. The predicted octanol–water partition coefficient (Wildman–Crippen LogP) is 2.92. The van der Waals surface area contributed by atoms with Crippen LogP contribution in [0, 0.1) is 6.42 Å². The summed E-state index contributed by atoms with van der Waals surface area (Å²) in [5.74, 6) is 0.459. The van der Waals surface area contributed by atoms with Crippen molar-refractivity contribution in [3.05, 3.63) is 71.6 Å². The van der Waals surface area contributed by atoms with Gasteiger partial charge < -0.3 is 20.9 Å². The number of benzene rings is 2. The molecule has 1 amide bonds. The van der Waals surface area contributed by atoms with Gasteiger partial charge in [0, 0.05) is 12.6 Å². The van der Waals surface area contributed by atoms with Gasteiger partial charge in [0.15, 0.2) is 0 Å². The molecule has 2 atom stereocenters. The van der Waals surface area contributed by atoms with E-state index in [1.165, 1.54) is 11.1 Å². The standard InChI is InChI=1S/C21H25N2O3/c22-21(25)26-18-12-10-16-7-4-8-20(19(16)13-18)23-14-17(24)11-9-15-5-2-1-3-6-15/h1-3,5-6,10-13,17,20,23-24H,4,7-9,14H2,(H2,22,25)/t17-,20+/m1/s1. The summed E-state index contributed by atoms with van der Waals surface area (Å²) >= 11 is 0. The second kappa shape index (κ2) is 8.83. The van der Waals surface area contributed by atoms with Gasteiger partial charge in [-0.2, -0.15) is 0 Å². The second-order valence-corrected chi connectivity index (χ2v) is 6.63. The fourth-order valence-corrected chi connectivity index (χ4v) is 3.40. The first kappa shape index (κ1) is 18.4. The molecule has 2 aromatic rings. The highest BCUT2D eigenvalue weighted by Gasteiger charge is 2.21. The van der Waals surface area contributed by atoms with Gasteiger partial charge in [-0.3, -0.25) is 0 Å². The number of ether oxygens (including phenoxy) is 1. The molecule has 0 unspecified atom stereocenters. The van der Waals surface area contributed by atoms with Gasteiger partial charge in [-0.15, -0.1) is 0 Å². The molecule has 0 aliphatic heterocycles. The number of rotatable bonds is 7. The van der Waals surface area contributed by atoms with E-state index < -0.39 is 12.2 Å². The molecule has 0 saturated carbocycles. The number of hydrogen-bond donors (Lipinski definition) is 3. The number of nitrogens with one attached hydrogen (secondary N) is 1. The van der Waals surface area contributed by atoms with Crippen LogP contribution in [0.4, 0.5) is 4.79 Å². The van der Waals surface area contributed by atoms with Crippen molar-refractivity contribution in [2.45, 2.75) is 37.8 Å². The van der Waals surface area contributed by atoms with Crippen LogP contribution < -0.4 is 15.8 Å². The number of primary amides is 1. The number of aliphatic hydroxyl groups excluding tert-OH is 1. The molecule has 3 rings (SSSR count). The minimum absolute atomic E-state index is 0.134. The van der Waals surface area contributed by atoms with Crippen molar-refractivity contribution in [1.29, 1.82) is 0 Å². The summed E-state index contributed by atoms with van der Waals surface area (Å²) in [5, 5.41) is 13.7. The highest BCUT2D eigenvalue weighted by atomic mass is 16.5. The minimum atomic E-state index is -0.809. The number of aryl methyl sites for hydroxylation is 1. The van der Waals surface area contributed by atoms with E-state index in [1.54, 1.807) is 6.07 Å². The van der Waals surface area contributed by atoms with Crippen LogP contribution in [0.3, 0.4) is 0 Å². The number of aliphatic hydroxyl groups is 1. The first-order valence-electron chi connectivity index (χ1n) is 9.00. The lowest BCUT2D eigenvalue weighted by atomic mass is 9.87. The lowest BCUT2D eigenvalue weighted by Gasteiger charge is -2.28. The summed E-state index contributed by atoms with van der Waals surface area (Å²) in [5.41, 5.74) is 8.64. The molecule has 0 aromatic heterocycles. The normalized spacial score (nSPS) is 17.3. The molecule has 0 fully saturated rings. The lowest BCUT2D eigenvalue weighted by molar-refractivity contribution is 0.193. The Bertz CT molecular complexity index is 733. The van der Waals surface area contributed by atoms with Crippen LogP contribution in [-0.2, 0) is 12.8 Å². The van der Waals surface area contributed by atoms with Crippen molar-refractivity contribution < 1.29 is 14.6 Å². The van der Waals surface area contributed by atoms with Gasteiger partial charge in [-0.25, -0.2) is 4.79 Å². The van der Waals surface area contributed by atoms with Gasteiger partial charge in [0.05, 0.1) is 6.10 Å². The van der Waals surface area contributed by atoms with Crippen LogP contribution in [0.2, 0.25) is 0 Å². The zero-order valence-electron chi connectivity index (χ0n) is 14.7. The van der Waals surface area contributed by atoms with Crippen molar-refractivity contribution in [3.63, 3.8) is 0 Å². The molecular formula is C21H25N2O3. The zero-order chi connectivity index (χ0) is 18.4. The van der Waals surface area contributed by atoms with E-state index in [9.17, 15) is 9.90 Å². The first-order chi connectivity index (χ1) is 12.6. The Morgan fingerprint density at radius 3 is 2.88 bits per heavy atom.